The highest BCUT2D eigenvalue weighted by Crippen LogP contribution is 2.39. The molecule has 0 spiro atoms. The Balaban J connectivity index is 2.46. The van der Waals surface area contributed by atoms with Gasteiger partial charge in [0.15, 0.2) is 0 Å². The van der Waals surface area contributed by atoms with Gasteiger partial charge in [-0.25, -0.2) is 0 Å². The zero-order valence-corrected chi connectivity index (χ0v) is 12.5. The highest BCUT2D eigenvalue weighted by Gasteiger charge is 2.33. The monoisotopic (exact) mass is 327 g/mol. The lowest BCUT2D eigenvalue weighted by Crippen LogP contribution is -2.39. The van der Waals surface area contributed by atoms with Gasteiger partial charge in [0, 0.05) is 22.1 Å². The number of piperidine rings is 1. The molecule has 104 valence electrons. The summed E-state index contributed by atoms with van der Waals surface area (Å²) < 4.78 is 0.728. The van der Waals surface area contributed by atoms with E-state index in [1.807, 2.05) is 19.2 Å². The summed E-state index contributed by atoms with van der Waals surface area (Å²) in [7, 11) is 2.01. The van der Waals surface area contributed by atoms with Crippen LogP contribution in [0.1, 0.15) is 24.4 Å². The Hall–Kier alpha value is -0.980. The summed E-state index contributed by atoms with van der Waals surface area (Å²) in [6.07, 6.45) is 2.12. The summed E-state index contributed by atoms with van der Waals surface area (Å²) in [6.45, 7) is 1.51. The molecule has 19 heavy (non-hydrogen) atoms. The Morgan fingerprint density at radius 1 is 1.58 bits per heavy atom. The van der Waals surface area contributed by atoms with Crippen LogP contribution in [0.25, 0.3) is 0 Å². The Bertz CT molecular complexity index is 481. The van der Waals surface area contributed by atoms with Crippen molar-refractivity contribution in [1.82, 2.24) is 4.90 Å². The maximum atomic E-state index is 11.3. The number of likely N-dealkylation sites (tertiary alicyclic amines) is 1. The SMILES string of the molecule is CN1CCCC(CN)C1c1ccc(Br)cc1[N+](=O)[O-]. The third-order valence-electron chi connectivity index (χ3n) is 3.82. The summed E-state index contributed by atoms with van der Waals surface area (Å²) in [4.78, 5) is 13.1. The van der Waals surface area contributed by atoms with Crippen molar-refractivity contribution in [3.8, 4) is 0 Å². The Morgan fingerprint density at radius 3 is 2.95 bits per heavy atom. The summed E-state index contributed by atoms with van der Waals surface area (Å²) >= 11 is 3.29. The van der Waals surface area contributed by atoms with Crippen LogP contribution in [0, 0.1) is 16.0 Å². The zero-order chi connectivity index (χ0) is 14.0. The van der Waals surface area contributed by atoms with E-state index in [9.17, 15) is 10.1 Å². The molecule has 5 nitrogen and oxygen atoms in total. The molecule has 1 aliphatic heterocycles. The highest BCUT2D eigenvalue weighted by molar-refractivity contribution is 9.10. The molecule has 1 aliphatic rings. The standard InChI is InChI=1S/C13H18BrN3O2/c1-16-6-2-3-9(8-15)13(16)11-5-4-10(14)7-12(11)17(18)19/h4-5,7,9,13H,2-3,6,8,15H2,1H3. The van der Waals surface area contributed by atoms with Crippen LogP contribution in [0.2, 0.25) is 0 Å². The lowest BCUT2D eigenvalue weighted by molar-refractivity contribution is -0.386. The van der Waals surface area contributed by atoms with Crippen LogP contribution in [-0.4, -0.2) is 30.0 Å². The smallest absolute Gasteiger partial charge is 0.275 e. The fourth-order valence-electron chi connectivity index (χ4n) is 2.92. The van der Waals surface area contributed by atoms with E-state index < -0.39 is 0 Å². The molecule has 1 aromatic rings. The van der Waals surface area contributed by atoms with Gasteiger partial charge in [0.2, 0.25) is 0 Å². The van der Waals surface area contributed by atoms with Gasteiger partial charge in [-0.3, -0.25) is 15.0 Å². The quantitative estimate of drug-likeness (QED) is 0.684. The maximum absolute atomic E-state index is 11.3. The van der Waals surface area contributed by atoms with Gasteiger partial charge in [-0.15, -0.1) is 0 Å². The Labute approximate surface area is 121 Å². The van der Waals surface area contributed by atoms with E-state index in [0.717, 1.165) is 29.4 Å². The van der Waals surface area contributed by atoms with Crippen molar-refractivity contribution in [1.29, 1.82) is 0 Å². The second-order valence-corrected chi connectivity index (χ2v) is 5.94. The van der Waals surface area contributed by atoms with E-state index >= 15 is 0 Å². The predicted octanol–water partition coefficient (Wildman–Crippen LogP) is 2.70. The fourth-order valence-corrected chi connectivity index (χ4v) is 3.27. The van der Waals surface area contributed by atoms with E-state index in [4.69, 9.17) is 5.73 Å². The summed E-state index contributed by atoms with van der Waals surface area (Å²) in [5.74, 6) is 0.277. The number of nitro groups is 1. The number of nitrogens with zero attached hydrogens (tertiary/aromatic N) is 2. The van der Waals surface area contributed by atoms with Crippen molar-refractivity contribution in [3.63, 3.8) is 0 Å². The summed E-state index contributed by atoms with van der Waals surface area (Å²) in [5.41, 5.74) is 6.79. The Kier molecular flexibility index (Phi) is 4.54. The third kappa shape index (κ3) is 2.96. The van der Waals surface area contributed by atoms with E-state index in [-0.39, 0.29) is 22.6 Å². The minimum absolute atomic E-state index is 0.0345. The van der Waals surface area contributed by atoms with Crippen LogP contribution in [-0.2, 0) is 0 Å². The topological polar surface area (TPSA) is 72.4 Å². The average molecular weight is 328 g/mol. The van der Waals surface area contributed by atoms with Gasteiger partial charge < -0.3 is 5.73 Å². The number of halogens is 1. The molecule has 2 N–H and O–H groups in total. The number of nitrogens with two attached hydrogens (primary N) is 1. The van der Waals surface area contributed by atoms with Crippen molar-refractivity contribution >= 4 is 21.6 Å². The van der Waals surface area contributed by atoms with Crippen molar-refractivity contribution < 1.29 is 4.92 Å². The number of hydrogen-bond acceptors (Lipinski definition) is 4. The van der Waals surface area contributed by atoms with Crippen molar-refractivity contribution in [3.05, 3.63) is 38.3 Å². The van der Waals surface area contributed by atoms with E-state index in [2.05, 4.69) is 20.8 Å². The molecule has 2 atom stereocenters. The number of nitro benzene ring substituents is 1. The molecule has 0 aliphatic carbocycles. The minimum atomic E-state index is -0.309. The van der Waals surface area contributed by atoms with E-state index in [1.165, 1.54) is 0 Å². The summed E-state index contributed by atoms with van der Waals surface area (Å²) in [6, 6.07) is 5.31. The molecule has 0 saturated carbocycles. The fraction of sp³-hybridized carbons (Fsp3) is 0.538. The third-order valence-corrected chi connectivity index (χ3v) is 4.31. The van der Waals surface area contributed by atoms with Crippen LogP contribution in [0.4, 0.5) is 5.69 Å². The largest absolute Gasteiger partial charge is 0.330 e. The first-order chi connectivity index (χ1) is 9.04. The molecule has 1 aromatic carbocycles. The minimum Gasteiger partial charge on any atom is -0.330 e. The first-order valence-electron chi connectivity index (χ1n) is 6.38. The molecule has 0 aromatic heterocycles. The molecule has 1 heterocycles. The number of hydrogen-bond donors (Lipinski definition) is 1. The van der Waals surface area contributed by atoms with Crippen LogP contribution in [0.3, 0.4) is 0 Å². The number of benzene rings is 1. The number of rotatable bonds is 3. The van der Waals surface area contributed by atoms with Crippen molar-refractivity contribution in [2.45, 2.75) is 18.9 Å². The molecule has 1 saturated heterocycles. The first-order valence-corrected chi connectivity index (χ1v) is 7.18. The van der Waals surface area contributed by atoms with Crippen molar-refractivity contribution in [2.24, 2.45) is 11.7 Å². The highest BCUT2D eigenvalue weighted by atomic mass is 79.9. The maximum Gasteiger partial charge on any atom is 0.275 e. The Morgan fingerprint density at radius 2 is 2.32 bits per heavy atom. The van der Waals surface area contributed by atoms with Crippen LogP contribution in [0.5, 0.6) is 0 Å². The average Bonchev–Trinajstić information content (AvgIpc) is 2.38. The summed E-state index contributed by atoms with van der Waals surface area (Å²) in [5, 5.41) is 11.3. The van der Waals surface area contributed by atoms with Crippen molar-refractivity contribution in [2.75, 3.05) is 20.1 Å². The lowest BCUT2D eigenvalue weighted by Gasteiger charge is -2.38. The zero-order valence-electron chi connectivity index (χ0n) is 10.9. The normalized spacial score (nSPS) is 24.4. The predicted molar refractivity (Wildman–Crippen MR) is 77.9 cm³/mol. The second-order valence-electron chi connectivity index (χ2n) is 5.02. The van der Waals surface area contributed by atoms with Gasteiger partial charge in [0.25, 0.3) is 5.69 Å². The molecule has 2 unspecified atom stereocenters. The van der Waals surface area contributed by atoms with Gasteiger partial charge in [-0.05, 0) is 51.0 Å². The lowest BCUT2D eigenvalue weighted by atomic mass is 9.84. The first kappa shape index (κ1) is 14.4. The molecule has 0 radical (unpaired) electrons. The van der Waals surface area contributed by atoms with Gasteiger partial charge in [-0.2, -0.15) is 0 Å². The molecular weight excluding hydrogens is 310 g/mol. The van der Waals surface area contributed by atoms with Crippen LogP contribution in [0.15, 0.2) is 22.7 Å². The molecule has 0 bridgehead atoms. The molecule has 0 amide bonds. The molecular formula is C13H18BrN3O2. The second kappa shape index (κ2) is 5.98. The molecule has 6 heteroatoms. The van der Waals surface area contributed by atoms with Gasteiger partial charge >= 0.3 is 0 Å². The van der Waals surface area contributed by atoms with Gasteiger partial charge in [0.1, 0.15) is 0 Å². The molecule has 1 fully saturated rings. The van der Waals surface area contributed by atoms with Crippen LogP contribution >= 0.6 is 15.9 Å². The van der Waals surface area contributed by atoms with Gasteiger partial charge in [0.05, 0.1) is 4.92 Å². The molecule has 2 rings (SSSR count). The van der Waals surface area contributed by atoms with E-state index in [1.54, 1.807) is 6.07 Å². The van der Waals surface area contributed by atoms with E-state index in [0.29, 0.717) is 6.54 Å². The van der Waals surface area contributed by atoms with Gasteiger partial charge in [-0.1, -0.05) is 15.9 Å². The van der Waals surface area contributed by atoms with Crippen LogP contribution < -0.4 is 5.73 Å².